The van der Waals surface area contributed by atoms with Gasteiger partial charge in [0.25, 0.3) is 5.91 Å². The highest BCUT2D eigenvalue weighted by Crippen LogP contribution is 2.28. The lowest BCUT2D eigenvalue weighted by atomic mass is 10.1. The van der Waals surface area contributed by atoms with Crippen LogP contribution in [0.5, 0.6) is 0 Å². The molecule has 0 bridgehead atoms. The lowest BCUT2D eigenvalue weighted by molar-refractivity contribution is -0.141. The van der Waals surface area contributed by atoms with Gasteiger partial charge in [0.05, 0.1) is 5.60 Å². The lowest BCUT2D eigenvalue weighted by Gasteiger charge is -2.19. The first-order chi connectivity index (χ1) is 11.5. The summed E-state index contributed by atoms with van der Waals surface area (Å²) >= 11 is 0. The molecule has 1 amide bonds. The molecule has 10 heteroatoms. The van der Waals surface area contributed by atoms with Crippen molar-refractivity contribution in [1.82, 2.24) is 15.5 Å². The van der Waals surface area contributed by atoms with Gasteiger partial charge in [-0.3, -0.25) is 9.89 Å². The first-order valence-corrected chi connectivity index (χ1v) is 7.72. The number of carbonyl (C=O) groups is 1. The van der Waals surface area contributed by atoms with Crippen LogP contribution < -0.4 is 10.6 Å². The molecule has 0 spiro atoms. The zero-order chi connectivity index (χ0) is 18.7. The van der Waals surface area contributed by atoms with Crippen molar-refractivity contribution in [3.8, 4) is 0 Å². The normalized spacial score (nSPS) is 15.9. The van der Waals surface area contributed by atoms with Gasteiger partial charge in [-0.1, -0.05) is 6.08 Å². The molecule has 1 aromatic rings. The molecule has 1 aromatic heterocycles. The summed E-state index contributed by atoms with van der Waals surface area (Å²) in [4.78, 5) is 16.0. The topological polar surface area (TPSA) is 102 Å². The van der Waals surface area contributed by atoms with Crippen LogP contribution in [0.25, 0.3) is 0 Å². The van der Waals surface area contributed by atoms with Crippen molar-refractivity contribution in [2.75, 3.05) is 11.9 Å². The fraction of sp³-hybridized carbons (Fsp3) is 0.533. The van der Waals surface area contributed by atoms with Crippen LogP contribution in [0.15, 0.2) is 22.7 Å². The maximum atomic E-state index is 12.6. The maximum absolute atomic E-state index is 12.6. The quantitative estimate of drug-likeness (QED) is 0.488. The molecule has 0 aromatic carbocycles. The molecule has 25 heavy (non-hydrogen) atoms. The molecule has 1 aliphatic rings. The molecule has 0 aliphatic heterocycles. The van der Waals surface area contributed by atoms with Crippen molar-refractivity contribution in [3.05, 3.63) is 23.4 Å². The van der Waals surface area contributed by atoms with Crippen LogP contribution in [0, 0.1) is 0 Å². The highest BCUT2D eigenvalue weighted by Gasteiger charge is 2.33. The Morgan fingerprint density at radius 3 is 2.68 bits per heavy atom. The number of rotatable bonds is 4. The number of allylic oxidation sites excluding steroid dienone is 1. The molecular formula is C15H20F3N5O2. The Balaban J connectivity index is 2.16. The molecule has 1 heterocycles. The number of amides is 1. The van der Waals surface area contributed by atoms with E-state index in [2.05, 4.69) is 20.7 Å². The van der Waals surface area contributed by atoms with Gasteiger partial charge < -0.3 is 15.7 Å². The number of carbonyl (C=O) groups excluding carboxylic acids is 1. The summed E-state index contributed by atoms with van der Waals surface area (Å²) in [5.41, 5.74) is -1.58. The zero-order valence-corrected chi connectivity index (χ0v) is 13.9. The van der Waals surface area contributed by atoms with E-state index in [0.29, 0.717) is 12.0 Å². The number of anilines is 1. The van der Waals surface area contributed by atoms with Crippen LogP contribution in [0.4, 0.5) is 19.0 Å². The van der Waals surface area contributed by atoms with Gasteiger partial charge in [-0.15, -0.1) is 0 Å². The van der Waals surface area contributed by atoms with Gasteiger partial charge in [0.1, 0.15) is 5.69 Å². The molecule has 138 valence electrons. The molecule has 7 nitrogen and oxygen atoms in total. The van der Waals surface area contributed by atoms with Crippen LogP contribution in [0.1, 0.15) is 38.8 Å². The van der Waals surface area contributed by atoms with Crippen molar-refractivity contribution < 1.29 is 23.1 Å². The fourth-order valence-corrected chi connectivity index (χ4v) is 2.10. The molecule has 0 radical (unpaired) electrons. The third kappa shape index (κ3) is 5.89. The molecule has 0 saturated heterocycles. The van der Waals surface area contributed by atoms with Gasteiger partial charge in [0, 0.05) is 18.2 Å². The average molecular weight is 359 g/mol. The van der Waals surface area contributed by atoms with E-state index in [4.69, 9.17) is 0 Å². The number of aliphatic hydroxyl groups is 1. The number of aromatic nitrogens is 2. The van der Waals surface area contributed by atoms with E-state index in [0.717, 1.165) is 18.9 Å². The van der Waals surface area contributed by atoms with Crippen molar-refractivity contribution in [2.24, 2.45) is 4.99 Å². The van der Waals surface area contributed by atoms with E-state index in [1.165, 1.54) is 13.8 Å². The smallest absolute Gasteiger partial charge is 0.389 e. The molecule has 2 rings (SSSR count). The summed E-state index contributed by atoms with van der Waals surface area (Å²) in [7, 11) is 0. The number of aromatic amines is 1. The number of alkyl halides is 3. The van der Waals surface area contributed by atoms with E-state index in [-0.39, 0.29) is 18.3 Å². The first-order valence-electron chi connectivity index (χ1n) is 7.72. The average Bonchev–Trinajstić information content (AvgIpc) is 3.14. The lowest BCUT2D eigenvalue weighted by Crippen LogP contribution is -2.41. The van der Waals surface area contributed by atoms with E-state index in [9.17, 15) is 23.1 Å². The summed E-state index contributed by atoms with van der Waals surface area (Å²) in [6.07, 6.45) is -0.498. The second kappa shape index (κ2) is 7.26. The molecule has 0 fully saturated rings. The summed E-state index contributed by atoms with van der Waals surface area (Å²) in [5, 5.41) is 20.4. The second-order valence-electron chi connectivity index (χ2n) is 6.34. The van der Waals surface area contributed by atoms with Crippen LogP contribution in [-0.4, -0.2) is 39.3 Å². The van der Waals surface area contributed by atoms with Crippen molar-refractivity contribution in [3.63, 3.8) is 0 Å². The summed E-state index contributed by atoms with van der Waals surface area (Å²) < 4.78 is 37.9. The number of nitrogens with zero attached hydrogens (tertiary/aromatic N) is 2. The largest absolute Gasteiger partial charge is 0.432 e. The van der Waals surface area contributed by atoms with Crippen molar-refractivity contribution in [1.29, 1.82) is 0 Å². The van der Waals surface area contributed by atoms with Crippen molar-refractivity contribution >= 4 is 17.7 Å². The monoisotopic (exact) mass is 359 g/mol. The minimum Gasteiger partial charge on any atom is -0.389 e. The first kappa shape index (κ1) is 19.0. The highest BCUT2D eigenvalue weighted by atomic mass is 19.4. The van der Waals surface area contributed by atoms with Crippen LogP contribution in [0.2, 0.25) is 0 Å². The Bertz CT molecular complexity index is 686. The van der Waals surface area contributed by atoms with Gasteiger partial charge in [0.15, 0.2) is 5.82 Å². The summed E-state index contributed by atoms with van der Waals surface area (Å²) in [6, 6.07) is 0.764. The van der Waals surface area contributed by atoms with E-state index >= 15 is 0 Å². The van der Waals surface area contributed by atoms with Gasteiger partial charge in [-0.25, -0.2) is 0 Å². The van der Waals surface area contributed by atoms with Crippen molar-refractivity contribution in [2.45, 2.75) is 44.9 Å². The Hall–Kier alpha value is -2.36. The number of aliphatic imine (C=N–C) groups is 1. The van der Waals surface area contributed by atoms with Crippen LogP contribution in [0.3, 0.4) is 0 Å². The number of nitrogens with one attached hydrogen (secondary N) is 3. The van der Waals surface area contributed by atoms with Gasteiger partial charge in [0.2, 0.25) is 5.96 Å². The fourth-order valence-electron chi connectivity index (χ4n) is 2.10. The molecular weight excluding hydrogens is 339 g/mol. The predicted molar refractivity (Wildman–Crippen MR) is 85.9 cm³/mol. The third-order valence-corrected chi connectivity index (χ3v) is 3.35. The number of H-pyrrole nitrogens is 1. The molecule has 0 atom stereocenters. The van der Waals surface area contributed by atoms with Gasteiger partial charge in [-0.2, -0.15) is 23.3 Å². The van der Waals surface area contributed by atoms with E-state index in [1.54, 1.807) is 6.08 Å². The molecule has 4 N–H and O–H groups in total. The SMILES string of the molecule is CC(C)(O)CN/C(=N/C(=O)C1=CCCC1)Nc1cc(C(F)(F)F)[nH]n1. The Labute approximate surface area is 142 Å². The number of hydrogen-bond acceptors (Lipinski definition) is 3. The second-order valence-corrected chi connectivity index (χ2v) is 6.34. The van der Waals surface area contributed by atoms with Crippen LogP contribution >= 0.6 is 0 Å². The minimum absolute atomic E-state index is 0.0295. The maximum Gasteiger partial charge on any atom is 0.432 e. The Morgan fingerprint density at radius 1 is 1.44 bits per heavy atom. The van der Waals surface area contributed by atoms with E-state index < -0.39 is 23.4 Å². The Kier molecular flexibility index (Phi) is 5.51. The predicted octanol–water partition coefficient (Wildman–Crippen LogP) is 2.19. The molecule has 1 aliphatic carbocycles. The highest BCUT2D eigenvalue weighted by molar-refractivity contribution is 6.06. The number of hydrogen-bond donors (Lipinski definition) is 4. The Morgan fingerprint density at radius 2 is 2.16 bits per heavy atom. The minimum atomic E-state index is -4.56. The van der Waals surface area contributed by atoms with Gasteiger partial charge >= 0.3 is 6.18 Å². The van der Waals surface area contributed by atoms with Gasteiger partial charge in [-0.05, 0) is 33.1 Å². The van der Waals surface area contributed by atoms with E-state index in [1.807, 2.05) is 5.10 Å². The zero-order valence-electron chi connectivity index (χ0n) is 13.9. The number of guanidine groups is 1. The molecule has 0 saturated carbocycles. The standard InChI is InChI=1S/C15H20F3N5O2/c1-14(2,25)8-19-13(21-12(24)9-5-3-4-6-9)20-11-7-10(22-23-11)15(16,17)18/h5,7,25H,3-4,6,8H2,1-2H3,(H3,19,20,21,22,23,24). The molecule has 0 unspecified atom stereocenters. The third-order valence-electron chi connectivity index (χ3n) is 3.35. The summed E-state index contributed by atoms with van der Waals surface area (Å²) in [5.74, 6) is -0.711. The summed E-state index contributed by atoms with van der Waals surface area (Å²) in [6.45, 7) is 3.10. The van der Waals surface area contributed by atoms with Crippen LogP contribution in [-0.2, 0) is 11.0 Å². The number of halogens is 3.